The highest BCUT2D eigenvalue weighted by Crippen LogP contribution is 2.18. The van der Waals surface area contributed by atoms with Gasteiger partial charge >= 0.3 is 0 Å². The van der Waals surface area contributed by atoms with Crippen molar-refractivity contribution < 1.29 is 9.53 Å². The molecular weight excluding hydrogens is 312 g/mol. The van der Waals surface area contributed by atoms with E-state index >= 15 is 0 Å². The number of nitrogens with zero attached hydrogens (tertiary/aromatic N) is 1. The number of nitrogens with one attached hydrogen (secondary N) is 1. The summed E-state index contributed by atoms with van der Waals surface area (Å²) < 4.78 is 5.68. The monoisotopic (exact) mass is 338 g/mol. The minimum absolute atomic E-state index is 0.113. The zero-order valence-corrected chi connectivity index (χ0v) is 14.8. The third-order valence-corrected chi connectivity index (χ3v) is 4.74. The molecule has 1 saturated carbocycles. The zero-order chi connectivity index (χ0) is 16.7. The van der Waals surface area contributed by atoms with E-state index in [9.17, 15) is 4.79 Å². The number of rotatable bonds is 7. The number of hydrogen-bond acceptors (Lipinski definition) is 3. The Morgan fingerprint density at radius 1 is 1.39 bits per heavy atom. The van der Waals surface area contributed by atoms with Gasteiger partial charge in [0.1, 0.15) is 12.4 Å². The van der Waals surface area contributed by atoms with Gasteiger partial charge in [0.25, 0.3) is 0 Å². The van der Waals surface area contributed by atoms with Crippen molar-refractivity contribution in [2.75, 3.05) is 20.2 Å². The van der Waals surface area contributed by atoms with Crippen molar-refractivity contribution in [1.82, 2.24) is 10.2 Å². The minimum atomic E-state index is -0.153. The van der Waals surface area contributed by atoms with Crippen LogP contribution in [0, 0.1) is 0 Å². The summed E-state index contributed by atoms with van der Waals surface area (Å²) in [5.74, 6) is 0.868. The molecule has 0 bridgehead atoms. The summed E-state index contributed by atoms with van der Waals surface area (Å²) in [6.07, 6.45) is 5.97. The van der Waals surface area contributed by atoms with E-state index in [-0.39, 0.29) is 11.9 Å². The lowest BCUT2D eigenvalue weighted by molar-refractivity contribution is -0.126. The summed E-state index contributed by atoms with van der Waals surface area (Å²) in [6.45, 7) is 3.15. The van der Waals surface area contributed by atoms with Crippen LogP contribution in [0.25, 0.3) is 0 Å². The highest BCUT2D eigenvalue weighted by molar-refractivity contribution is 6.30. The molecule has 1 aromatic rings. The molecule has 2 rings (SSSR count). The molecule has 128 valence electrons. The highest BCUT2D eigenvalue weighted by Gasteiger charge is 2.22. The molecule has 5 heteroatoms. The van der Waals surface area contributed by atoms with Crippen LogP contribution in [0.15, 0.2) is 24.3 Å². The van der Waals surface area contributed by atoms with Gasteiger partial charge in [0.05, 0.1) is 6.04 Å². The Hall–Kier alpha value is -1.26. The van der Waals surface area contributed by atoms with Crippen molar-refractivity contribution in [2.45, 2.75) is 51.1 Å². The fourth-order valence-corrected chi connectivity index (χ4v) is 3.01. The van der Waals surface area contributed by atoms with Crippen LogP contribution in [0.1, 0.15) is 39.0 Å². The minimum Gasteiger partial charge on any atom is -0.492 e. The van der Waals surface area contributed by atoms with E-state index in [0.717, 1.165) is 18.6 Å². The maximum atomic E-state index is 12.3. The summed E-state index contributed by atoms with van der Waals surface area (Å²) in [5.41, 5.74) is 0. The van der Waals surface area contributed by atoms with E-state index in [2.05, 4.69) is 5.32 Å². The fourth-order valence-electron chi connectivity index (χ4n) is 2.83. The van der Waals surface area contributed by atoms with Crippen LogP contribution >= 0.6 is 11.6 Å². The first kappa shape index (κ1) is 18.1. The second-order valence-corrected chi connectivity index (χ2v) is 6.74. The molecule has 4 nitrogen and oxygen atoms in total. The number of amides is 1. The number of carbonyl (C=O) groups is 1. The lowest BCUT2D eigenvalue weighted by Gasteiger charge is -2.28. The molecule has 1 amide bonds. The first-order chi connectivity index (χ1) is 11.1. The third-order valence-electron chi connectivity index (χ3n) is 4.50. The van der Waals surface area contributed by atoms with Gasteiger partial charge in [-0.05, 0) is 45.0 Å². The predicted molar refractivity (Wildman–Crippen MR) is 94.1 cm³/mol. The molecule has 1 atom stereocenters. The number of hydrogen-bond donors (Lipinski definition) is 1. The number of benzene rings is 1. The van der Waals surface area contributed by atoms with Crippen LogP contribution < -0.4 is 10.1 Å². The quantitative estimate of drug-likeness (QED) is 0.827. The summed E-state index contributed by atoms with van der Waals surface area (Å²) in [4.78, 5) is 14.3. The Bertz CT molecular complexity index is 504. The molecule has 0 radical (unpaired) electrons. The van der Waals surface area contributed by atoms with Crippen LogP contribution in [-0.4, -0.2) is 43.1 Å². The molecule has 0 heterocycles. The molecule has 1 unspecified atom stereocenters. The van der Waals surface area contributed by atoms with Gasteiger partial charge in [0.15, 0.2) is 0 Å². The van der Waals surface area contributed by atoms with Crippen LogP contribution in [0.2, 0.25) is 5.02 Å². The molecule has 1 aromatic carbocycles. The van der Waals surface area contributed by atoms with E-state index in [4.69, 9.17) is 16.3 Å². The van der Waals surface area contributed by atoms with Crippen molar-refractivity contribution >= 4 is 17.5 Å². The second-order valence-electron chi connectivity index (χ2n) is 6.31. The Labute approximate surface area is 144 Å². The van der Waals surface area contributed by atoms with Gasteiger partial charge in [-0.15, -0.1) is 0 Å². The van der Waals surface area contributed by atoms with Crippen LogP contribution in [0.4, 0.5) is 0 Å². The Kier molecular flexibility index (Phi) is 7.18. The Morgan fingerprint density at radius 3 is 2.83 bits per heavy atom. The molecule has 0 saturated heterocycles. The molecule has 0 spiro atoms. The first-order valence-electron chi connectivity index (χ1n) is 8.45. The van der Waals surface area contributed by atoms with Crippen LogP contribution in [0.3, 0.4) is 0 Å². The van der Waals surface area contributed by atoms with Crippen LogP contribution in [-0.2, 0) is 4.79 Å². The van der Waals surface area contributed by atoms with Gasteiger partial charge in [-0.3, -0.25) is 9.69 Å². The lowest BCUT2D eigenvalue weighted by atomic mass is 9.95. The maximum absolute atomic E-state index is 12.3. The normalized spacial score (nSPS) is 17.0. The summed E-state index contributed by atoms with van der Waals surface area (Å²) >= 11 is 5.93. The third kappa shape index (κ3) is 6.04. The average molecular weight is 339 g/mol. The SMILES string of the molecule is CC(C(=O)NC1CCCCC1)N(C)CCOc1cccc(Cl)c1. The van der Waals surface area contributed by atoms with Crippen LogP contribution in [0.5, 0.6) is 5.75 Å². The topological polar surface area (TPSA) is 41.6 Å². The Balaban J connectivity index is 1.71. The number of carbonyl (C=O) groups excluding carboxylic acids is 1. The molecule has 0 aromatic heterocycles. The summed E-state index contributed by atoms with van der Waals surface area (Å²) in [5, 5.41) is 3.84. The maximum Gasteiger partial charge on any atom is 0.237 e. The lowest BCUT2D eigenvalue weighted by Crippen LogP contribution is -2.48. The average Bonchev–Trinajstić information content (AvgIpc) is 2.55. The molecule has 23 heavy (non-hydrogen) atoms. The zero-order valence-electron chi connectivity index (χ0n) is 14.1. The standard InChI is InChI=1S/C18H27ClN2O2/c1-14(18(22)20-16-8-4-3-5-9-16)21(2)11-12-23-17-10-6-7-15(19)13-17/h6-7,10,13-14,16H,3-5,8-9,11-12H2,1-2H3,(H,20,22). The van der Waals surface area contributed by atoms with Crippen molar-refractivity contribution in [3.05, 3.63) is 29.3 Å². The summed E-state index contributed by atoms with van der Waals surface area (Å²) in [6, 6.07) is 7.56. The molecule has 1 N–H and O–H groups in total. The molecular formula is C18H27ClN2O2. The van der Waals surface area contributed by atoms with E-state index in [1.165, 1.54) is 19.3 Å². The number of likely N-dealkylation sites (N-methyl/N-ethyl adjacent to an activating group) is 1. The van der Waals surface area contributed by atoms with Crippen molar-refractivity contribution in [3.8, 4) is 5.75 Å². The number of ether oxygens (including phenoxy) is 1. The van der Waals surface area contributed by atoms with Gasteiger partial charge in [0.2, 0.25) is 5.91 Å². The van der Waals surface area contributed by atoms with Gasteiger partial charge in [-0.25, -0.2) is 0 Å². The summed E-state index contributed by atoms with van der Waals surface area (Å²) in [7, 11) is 1.95. The second kappa shape index (κ2) is 9.14. The van der Waals surface area contributed by atoms with Crippen molar-refractivity contribution in [2.24, 2.45) is 0 Å². The van der Waals surface area contributed by atoms with Gasteiger partial charge < -0.3 is 10.1 Å². The van der Waals surface area contributed by atoms with Gasteiger partial charge in [0, 0.05) is 17.6 Å². The molecule has 0 aliphatic heterocycles. The molecule has 1 aliphatic rings. The molecule has 1 aliphatic carbocycles. The van der Waals surface area contributed by atoms with Crippen molar-refractivity contribution in [1.29, 1.82) is 0 Å². The highest BCUT2D eigenvalue weighted by atomic mass is 35.5. The van der Waals surface area contributed by atoms with E-state index in [1.54, 1.807) is 6.07 Å². The smallest absolute Gasteiger partial charge is 0.237 e. The van der Waals surface area contributed by atoms with Gasteiger partial charge in [-0.1, -0.05) is 36.9 Å². The first-order valence-corrected chi connectivity index (χ1v) is 8.83. The van der Waals surface area contributed by atoms with E-state index < -0.39 is 0 Å². The van der Waals surface area contributed by atoms with E-state index in [0.29, 0.717) is 24.2 Å². The van der Waals surface area contributed by atoms with Gasteiger partial charge in [-0.2, -0.15) is 0 Å². The number of halogens is 1. The predicted octanol–water partition coefficient (Wildman–Crippen LogP) is 3.49. The van der Waals surface area contributed by atoms with E-state index in [1.807, 2.05) is 37.1 Å². The Morgan fingerprint density at radius 2 is 2.13 bits per heavy atom. The molecule has 1 fully saturated rings. The van der Waals surface area contributed by atoms with Crippen molar-refractivity contribution in [3.63, 3.8) is 0 Å². The fraction of sp³-hybridized carbons (Fsp3) is 0.611. The largest absolute Gasteiger partial charge is 0.492 e.